The Labute approximate surface area is 55.5 Å². The van der Waals surface area contributed by atoms with E-state index in [1.807, 2.05) is 0 Å². The van der Waals surface area contributed by atoms with Crippen molar-refractivity contribution in [2.24, 2.45) is 0 Å². The third-order valence-corrected chi connectivity index (χ3v) is 3.56. The van der Waals surface area contributed by atoms with Crippen molar-refractivity contribution in [1.82, 2.24) is 13.1 Å². The molecule has 0 aromatic carbocycles. The number of carboxylic acid groups (broad SMARTS) is 1. The summed E-state index contributed by atoms with van der Waals surface area (Å²) in [6, 6.07) is 0. The molecule has 0 radical (unpaired) electrons. The second-order valence-electron chi connectivity index (χ2n) is 1.13. The van der Waals surface area contributed by atoms with Gasteiger partial charge in [-0.3, -0.25) is 0 Å². The molecule has 1 aromatic heterocycles. The normalized spacial score (nSPS) is 11.6. The fourth-order valence-corrected chi connectivity index (χ4v) is 3.29. The first kappa shape index (κ1) is 6.88. The summed E-state index contributed by atoms with van der Waals surface area (Å²) in [5.41, 5.74) is 0. The van der Waals surface area contributed by atoms with Gasteiger partial charge < -0.3 is 9.62 Å². The van der Waals surface area contributed by atoms with Crippen LogP contribution < -0.4 is 0 Å². The molecule has 2 atom stereocenters. The van der Waals surface area contributed by atoms with Gasteiger partial charge in [-0.1, -0.05) is 0 Å². The summed E-state index contributed by atoms with van der Waals surface area (Å²) in [5.74, 6) is 0. The fourth-order valence-electron chi connectivity index (χ4n) is 0.278. The zero-order valence-corrected chi connectivity index (χ0v) is 7.09. The Kier molecular flexibility index (Phi) is 2.35. The lowest BCUT2D eigenvalue weighted by Gasteiger charge is -1.92. The van der Waals surface area contributed by atoms with Crippen LogP contribution in [-0.4, -0.2) is 24.3 Å². The third-order valence-electron chi connectivity index (χ3n) is 0.583. The molecule has 5 nitrogen and oxygen atoms in total. The van der Waals surface area contributed by atoms with Crippen molar-refractivity contribution >= 4 is 31.6 Å². The van der Waals surface area contributed by atoms with Crippen LogP contribution in [0.5, 0.6) is 0 Å². The Balaban J connectivity index is 2.98. The van der Waals surface area contributed by atoms with Gasteiger partial charge in [-0.2, -0.15) is 8.60 Å². The van der Waals surface area contributed by atoms with E-state index >= 15 is 0 Å². The summed E-state index contributed by atoms with van der Waals surface area (Å²) >= 11 is 0. The van der Waals surface area contributed by atoms with Gasteiger partial charge in [0.05, 0.1) is 0 Å². The zero-order chi connectivity index (χ0) is 6.69. The van der Waals surface area contributed by atoms with Gasteiger partial charge in [-0.25, -0.2) is 4.79 Å². The van der Waals surface area contributed by atoms with Crippen molar-refractivity contribution in [1.29, 1.82) is 0 Å². The number of nitrogens with zero attached hydrogens (tertiary/aromatic N) is 2. The van der Waals surface area contributed by atoms with Gasteiger partial charge in [0.1, 0.15) is 0 Å². The molecule has 2 N–H and O–H groups in total. The average molecular weight is 183 g/mol. The van der Waals surface area contributed by atoms with E-state index in [-0.39, 0.29) is 8.51 Å². The van der Waals surface area contributed by atoms with Crippen LogP contribution in [0.15, 0.2) is 0 Å². The maximum atomic E-state index is 10.2. The second kappa shape index (κ2) is 3.07. The topological polar surface area (TPSA) is 70.9 Å². The number of rotatable bonds is 0. The molecule has 1 heterocycles. The number of H-pyrrole nitrogens is 1. The Morgan fingerprint density at radius 2 is 2.67 bits per heavy atom. The van der Waals surface area contributed by atoms with Gasteiger partial charge in [0.2, 0.25) is 0 Å². The quantitative estimate of drug-likeness (QED) is 0.640. The molecule has 1 aromatic rings. The highest BCUT2D eigenvalue weighted by Crippen LogP contribution is 2.10. The molecule has 0 saturated carbocycles. The molecule has 0 spiro atoms. The minimum absolute atomic E-state index is 0.163. The largest absolute Gasteiger partial charge is 0.464 e. The summed E-state index contributed by atoms with van der Waals surface area (Å²) in [5, 5.41) is 8.37. The van der Waals surface area contributed by atoms with Crippen molar-refractivity contribution in [2.45, 2.75) is 0 Å². The predicted molar refractivity (Wildman–Crippen MR) is 39.1 cm³/mol. The lowest BCUT2D eigenvalue weighted by Crippen LogP contribution is -1.99. The van der Waals surface area contributed by atoms with E-state index < -0.39 is 6.09 Å². The SMILES string of the molecule is O=C(O)n1pn[pH][nH][pH]1. The average Bonchev–Trinajstić information content (AvgIpc) is 1.90. The van der Waals surface area contributed by atoms with Crippen LogP contribution in [0.25, 0.3) is 0 Å². The first-order valence-corrected chi connectivity index (χ1v) is 4.69. The molecule has 8 heteroatoms. The molecular weight excluding hydrogens is 179 g/mol. The smallest absolute Gasteiger partial charge is 0.424 e. The monoisotopic (exact) mass is 183 g/mol. The first-order valence-electron chi connectivity index (χ1n) is 2.00. The number of hydrogen-bond acceptors (Lipinski definition) is 2. The summed E-state index contributed by atoms with van der Waals surface area (Å²) in [4.78, 5) is 10.2. The van der Waals surface area contributed by atoms with Gasteiger partial charge in [-0.15, -0.1) is 0 Å². The molecule has 0 aliphatic carbocycles. The highest BCUT2D eigenvalue weighted by atomic mass is 31.1. The van der Waals surface area contributed by atoms with Crippen molar-refractivity contribution in [3.05, 3.63) is 0 Å². The van der Waals surface area contributed by atoms with Crippen molar-refractivity contribution in [2.75, 3.05) is 0 Å². The van der Waals surface area contributed by atoms with Crippen LogP contribution >= 0.6 is 25.5 Å². The van der Waals surface area contributed by atoms with E-state index in [0.29, 0.717) is 17.0 Å². The van der Waals surface area contributed by atoms with Crippen molar-refractivity contribution < 1.29 is 9.90 Å². The van der Waals surface area contributed by atoms with Gasteiger partial charge in [0.15, 0.2) is 8.51 Å². The Morgan fingerprint density at radius 1 is 1.89 bits per heavy atom. The molecular formula is CH4N3O2P3. The zero-order valence-electron chi connectivity index (χ0n) is 4.20. The Morgan fingerprint density at radius 3 is 3.00 bits per heavy atom. The predicted octanol–water partition coefficient (Wildman–Crippen LogP) is 1.50. The van der Waals surface area contributed by atoms with Crippen LogP contribution in [0.4, 0.5) is 4.79 Å². The Hall–Kier alpha value is -0.230. The maximum Gasteiger partial charge on any atom is 0.424 e. The molecule has 1 rings (SSSR count). The number of nitrogens with one attached hydrogen (secondary N) is 1. The van der Waals surface area contributed by atoms with Gasteiger partial charge >= 0.3 is 6.09 Å². The lowest BCUT2D eigenvalue weighted by atomic mass is 11.3. The molecule has 0 saturated heterocycles. The van der Waals surface area contributed by atoms with E-state index in [4.69, 9.17) is 5.11 Å². The number of carbonyl (C=O) groups is 1. The molecule has 0 aliphatic rings. The number of hydrogen-bond donors (Lipinski definition) is 2. The van der Waals surface area contributed by atoms with Crippen LogP contribution in [0.3, 0.4) is 0 Å². The summed E-state index contributed by atoms with van der Waals surface area (Å²) < 4.78 is 7.87. The van der Waals surface area contributed by atoms with Gasteiger partial charge in [-0.05, 0) is 0 Å². The highest BCUT2D eigenvalue weighted by Gasteiger charge is 1.94. The molecule has 0 bridgehead atoms. The van der Waals surface area contributed by atoms with Gasteiger partial charge in [0.25, 0.3) is 0 Å². The number of aromatic nitrogens is 3. The molecule has 9 heavy (non-hydrogen) atoms. The molecule has 2 unspecified atom stereocenters. The standard InChI is InChI=1S/CH4N3O2P3/c5-1(6)4-8-2-7-3-9-4/h2,7-8H,(H,5,6). The fraction of sp³-hybridized carbons (Fsp3) is 0. The molecule has 0 amide bonds. The maximum absolute atomic E-state index is 10.2. The highest BCUT2D eigenvalue weighted by molar-refractivity contribution is 7.45. The van der Waals surface area contributed by atoms with Crippen molar-refractivity contribution in [3.63, 3.8) is 0 Å². The second-order valence-corrected chi connectivity index (χ2v) is 4.78. The lowest BCUT2D eigenvalue weighted by molar-refractivity contribution is 0.201. The first-order chi connectivity index (χ1) is 4.30. The summed E-state index contributed by atoms with van der Waals surface area (Å²) in [6.45, 7) is 0. The summed E-state index contributed by atoms with van der Waals surface area (Å²) in [7, 11) is 1.06. The van der Waals surface area contributed by atoms with Crippen LogP contribution in [0, 0.1) is 0 Å². The molecule has 50 valence electrons. The molecule has 0 aliphatic heterocycles. The Bertz CT molecular complexity index is 214. The van der Waals surface area contributed by atoms with Crippen LogP contribution in [-0.2, 0) is 0 Å². The van der Waals surface area contributed by atoms with Crippen LogP contribution in [0.1, 0.15) is 0 Å². The van der Waals surface area contributed by atoms with Gasteiger partial charge in [0, 0.05) is 17.0 Å². The minimum Gasteiger partial charge on any atom is -0.464 e. The van der Waals surface area contributed by atoms with Crippen molar-refractivity contribution in [3.8, 4) is 0 Å². The minimum atomic E-state index is -0.921. The van der Waals surface area contributed by atoms with E-state index in [9.17, 15) is 4.79 Å². The number of aromatic amines is 1. The van der Waals surface area contributed by atoms with E-state index in [2.05, 4.69) is 9.02 Å². The van der Waals surface area contributed by atoms with Crippen LogP contribution in [0.2, 0.25) is 0 Å². The van der Waals surface area contributed by atoms with E-state index in [0.717, 1.165) is 0 Å². The third kappa shape index (κ3) is 1.87. The summed E-state index contributed by atoms with van der Waals surface area (Å²) in [6.07, 6.45) is -0.921. The van der Waals surface area contributed by atoms with E-state index in [1.54, 1.807) is 0 Å². The van der Waals surface area contributed by atoms with E-state index in [1.165, 1.54) is 4.09 Å². The molecule has 0 fully saturated rings.